The highest BCUT2D eigenvalue weighted by molar-refractivity contribution is 9.10. The third-order valence-electron chi connectivity index (χ3n) is 4.05. The van der Waals surface area contributed by atoms with Gasteiger partial charge in [0.05, 0.1) is 10.3 Å². The van der Waals surface area contributed by atoms with E-state index in [4.69, 9.17) is 10.5 Å². The summed E-state index contributed by atoms with van der Waals surface area (Å²) < 4.78 is 7.64. The lowest BCUT2D eigenvalue weighted by Crippen LogP contribution is -2.10. The molecule has 0 fully saturated rings. The van der Waals surface area contributed by atoms with E-state index in [9.17, 15) is 9.90 Å². The molecule has 1 unspecified atom stereocenters. The van der Waals surface area contributed by atoms with Crippen LogP contribution in [0.4, 0.5) is 5.82 Å². The summed E-state index contributed by atoms with van der Waals surface area (Å²) in [7, 11) is 0. The molecule has 3 rings (SSSR count). The molecular formula is C19H19BrN2O3S. The summed E-state index contributed by atoms with van der Waals surface area (Å²) in [5, 5.41) is 11.9. The van der Waals surface area contributed by atoms with Crippen LogP contribution in [0.5, 0.6) is 5.75 Å². The number of rotatable bonds is 7. The summed E-state index contributed by atoms with van der Waals surface area (Å²) in [5.74, 6) is 1.02. The van der Waals surface area contributed by atoms with Gasteiger partial charge >= 0.3 is 0 Å². The Bertz CT molecular complexity index is 924. The number of nitrogen functional groups attached to an aromatic ring is 1. The van der Waals surface area contributed by atoms with Gasteiger partial charge in [-0.15, -0.1) is 11.3 Å². The third-order valence-corrected chi connectivity index (χ3v) is 5.65. The number of ether oxygens (including phenoxy) is 1. The molecule has 5 nitrogen and oxygen atoms in total. The standard InChI is InChI=1S/C19H19BrN2O3S/c1-11(8-23)6-16(24)15-7-22-19(21)17-12(10-26-18(15)17)9-25-14-4-2-13(20)3-5-14/h2-5,7,10-11,23H,6,8-9H2,1H3,(H2,21,22). The Morgan fingerprint density at radius 2 is 2.12 bits per heavy atom. The number of Topliss-reactive ketones (excluding diaryl/α,β-unsaturated/α-hetero) is 1. The van der Waals surface area contributed by atoms with E-state index in [-0.39, 0.29) is 24.7 Å². The van der Waals surface area contributed by atoms with Gasteiger partial charge in [-0.3, -0.25) is 4.79 Å². The number of thiophene rings is 1. The average molecular weight is 435 g/mol. The van der Waals surface area contributed by atoms with Gasteiger partial charge < -0.3 is 15.6 Å². The number of carbonyl (C=O) groups excluding carboxylic acids is 1. The minimum absolute atomic E-state index is 0.0198. The maximum atomic E-state index is 12.5. The molecule has 0 saturated carbocycles. The van der Waals surface area contributed by atoms with E-state index in [0.717, 1.165) is 25.9 Å². The first-order valence-electron chi connectivity index (χ1n) is 8.16. The molecule has 3 N–H and O–H groups in total. The lowest BCUT2D eigenvalue weighted by Gasteiger charge is -2.09. The molecule has 0 radical (unpaired) electrons. The van der Waals surface area contributed by atoms with Crippen molar-refractivity contribution >= 4 is 49.0 Å². The summed E-state index contributed by atoms with van der Waals surface area (Å²) >= 11 is 4.86. The number of nitrogens with two attached hydrogens (primary N) is 1. The number of ketones is 1. The predicted molar refractivity (Wildman–Crippen MR) is 108 cm³/mol. The fraction of sp³-hybridized carbons (Fsp3) is 0.263. The van der Waals surface area contributed by atoms with Crippen LogP contribution in [0.3, 0.4) is 0 Å². The first kappa shape index (κ1) is 18.8. The van der Waals surface area contributed by atoms with Gasteiger partial charge in [0.15, 0.2) is 5.78 Å². The maximum absolute atomic E-state index is 12.5. The molecule has 0 aliphatic carbocycles. The van der Waals surface area contributed by atoms with Gasteiger partial charge in [0.25, 0.3) is 0 Å². The first-order valence-corrected chi connectivity index (χ1v) is 9.83. The zero-order valence-electron chi connectivity index (χ0n) is 14.2. The van der Waals surface area contributed by atoms with Crippen molar-refractivity contribution in [1.29, 1.82) is 0 Å². The molecule has 0 bridgehead atoms. The molecule has 0 saturated heterocycles. The molecule has 2 aromatic heterocycles. The van der Waals surface area contributed by atoms with E-state index in [0.29, 0.717) is 18.0 Å². The van der Waals surface area contributed by atoms with Gasteiger partial charge in [0.1, 0.15) is 18.2 Å². The largest absolute Gasteiger partial charge is 0.489 e. The summed E-state index contributed by atoms with van der Waals surface area (Å²) in [5.41, 5.74) is 7.52. The normalized spacial score (nSPS) is 12.3. The number of aliphatic hydroxyl groups is 1. The van der Waals surface area contributed by atoms with Crippen LogP contribution in [0.2, 0.25) is 0 Å². The average Bonchev–Trinajstić information content (AvgIpc) is 3.06. The van der Waals surface area contributed by atoms with Crippen molar-refractivity contribution in [1.82, 2.24) is 4.98 Å². The quantitative estimate of drug-likeness (QED) is 0.537. The molecule has 1 aromatic carbocycles. The predicted octanol–water partition coefficient (Wildman–Crippen LogP) is 4.42. The molecule has 0 amide bonds. The van der Waals surface area contributed by atoms with Crippen LogP contribution in [0, 0.1) is 5.92 Å². The Morgan fingerprint density at radius 1 is 1.38 bits per heavy atom. The molecule has 136 valence electrons. The maximum Gasteiger partial charge on any atom is 0.166 e. The number of hydrogen-bond donors (Lipinski definition) is 2. The van der Waals surface area contributed by atoms with Gasteiger partial charge in [-0.25, -0.2) is 4.98 Å². The Morgan fingerprint density at radius 3 is 2.81 bits per heavy atom. The van der Waals surface area contributed by atoms with Gasteiger partial charge in [-0.05, 0) is 35.6 Å². The Balaban J connectivity index is 1.87. The van der Waals surface area contributed by atoms with Crippen molar-refractivity contribution in [3.63, 3.8) is 0 Å². The van der Waals surface area contributed by atoms with Crippen LogP contribution >= 0.6 is 27.3 Å². The Hall–Kier alpha value is -1.96. The molecule has 3 aromatic rings. The Labute approximate surface area is 163 Å². The molecule has 0 aliphatic rings. The Kier molecular flexibility index (Phi) is 5.90. The highest BCUT2D eigenvalue weighted by atomic mass is 79.9. The highest BCUT2D eigenvalue weighted by Gasteiger charge is 2.19. The van der Waals surface area contributed by atoms with Crippen molar-refractivity contribution in [3.05, 3.63) is 51.4 Å². The molecular weight excluding hydrogens is 416 g/mol. The number of fused-ring (bicyclic) bond motifs is 1. The van der Waals surface area contributed by atoms with E-state index in [1.165, 1.54) is 17.5 Å². The lowest BCUT2D eigenvalue weighted by molar-refractivity contribution is 0.0945. The summed E-state index contributed by atoms with van der Waals surface area (Å²) in [6.07, 6.45) is 1.81. The number of pyridine rings is 1. The molecule has 2 heterocycles. The summed E-state index contributed by atoms with van der Waals surface area (Å²) in [6.45, 7) is 2.16. The smallest absolute Gasteiger partial charge is 0.166 e. The van der Waals surface area contributed by atoms with Crippen LogP contribution in [0.15, 0.2) is 40.3 Å². The van der Waals surface area contributed by atoms with Crippen LogP contribution in [0.1, 0.15) is 29.3 Å². The number of nitrogens with zero attached hydrogens (tertiary/aromatic N) is 1. The second kappa shape index (κ2) is 8.16. The van der Waals surface area contributed by atoms with E-state index in [2.05, 4.69) is 20.9 Å². The van der Waals surface area contributed by atoms with Crippen LogP contribution < -0.4 is 10.5 Å². The first-order chi connectivity index (χ1) is 12.5. The molecule has 0 aliphatic heterocycles. The van der Waals surface area contributed by atoms with Gasteiger partial charge in [-0.1, -0.05) is 22.9 Å². The molecule has 0 spiro atoms. The number of aromatic nitrogens is 1. The summed E-state index contributed by atoms with van der Waals surface area (Å²) in [6, 6.07) is 7.59. The zero-order chi connectivity index (χ0) is 18.7. The number of aliphatic hydroxyl groups excluding tert-OH is 1. The van der Waals surface area contributed by atoms with Gasteiger partial charge in [0, 0.05) is 34.6 Å². The van der Waals surface area contributed by atoms with Crippen LogP contribution in [-0.2, 0) is 6.61 Å². The van der Waals surface area contributed by atoms with Crippen molar-refractivity contribution in [2.45, 2.75) is 20.0 Å². The second-order valence-corrected chi connectivity index (χ2v) is 7.98. The fourth-order valence-electron chi connectivity index (χ4n) is 2.62. The minimum atomic E-state index is -0.0877. The number of anilines is 1. The second-order valence-electron chi connectivity index (χ2n) is 6.18. The number of carbonyl (C=O) groups is 1. The van der Waals surface area contributed by atoms with Gasteiger partial charge in [-0.2, -0.15) is 0 Å². The number of halogens is 1. The topological polar surface area (TPSA) is 85.4 Å². The minimum Gasteiger partial charge on any atom is -0.489 e. The van der Waals surface area contributed by atoms with E-state index < -0.39 is 0 Å². The molecule has 1 atom stereocenters. The van der Waals surface area contributed by atoms with Crippen molar-refractivity contribution in [3.8, 4) is 5.75 Å². The van der Waals surface area contributed by atoms with Crippen molar-refractivity contribution in [2.24, 2.45) is 5.92 Å². The van der Waals surface area contributed by atoms with Crippen LogP contribution in [0.25, 0.3) is 10.1 Å². The molecule has 26 heavy (non-hydrogen) atoms. The summed E-state index contributed by atoms with van der Waals surface area (Å²) in [4.78, 5) is 16.7. The number of benzene rings is 1. The lowest BCUT2D eigenvalue weighted by atomic mass is 10.0. The highest BCUT2D eigenvalue weighted by Crippen LogP contribution is 2.34. The van der Waals surface area contributed by atoms with E-state index in [1.54, 1.807) is 0 Å². The van der Waals surface area contributed by atoms with E-state index >= 15 is 0 Å². The zero-order valence-corrected chi connectivity index (χ0v) is 16.6. The third kappa shape index (κ3) is 4.06. The van der Waals surface area contributed by atoms with E-state index in [1.807, 2.05) is 36.6 Å². The monoisotopic (exact) mass is 434 g/mol. The number of hydrogen-bond acceptors (Lipinski definition) is 6. The van der Waals surface area contributed by atoms with Crippen LogP contribution in [-0.4, -0.2) is 22.5 Å². The molecule has 7 heteroatoms. The fourth-order valence-corrected chi connectivity index (χ4v) is 3.98. The van der Waals surface area contributed by atoms with Crippen molar-refractivity contribution < 1.29 is 14.6 Å². The SMILES string of the molecule is CC(CO)CC(=O)c1cnc(N)c2c(COc3ccc(Br)cc3)csc12. The van der Waals surface area contributed by atoms with Crippen molar-refractivity contribution in [2.75, 3.05) is 12.3 Å². The van der Waals surface area contributed by atoms with Gasteiger partial charge in [0.2, 0.25) is 0 Å².